The van der Waals surface area contributed by atoms with Crippen molar-refractivity contribution in [3.8, 4) is 11.8 Å². The minimum absolute atomic E-state index is 0.0107. The Kier molecular flexibility index (Phi) is 6.75. The molecule has 1 aliphatic rings. The van der Waals surface area contributed by atoms with Crippen molar-refractivity contribution in [2.24, 2.45) is 0 Å². The van der Waals surface area contributed by atoms with Crippen LogP contribution in [0.2, 0.25) is 0 Å². The van der Waals surface area contributed by atoms with Gasteiger partial charge in [-0.1, -0.05) is 48.5 Å². The summed E-state index contributed by atoms with van der Waals surface area (Å²) in [5.41, 5.74) is 1.36. The topological polar surface area (TPSA) is 90.4 Å². The highest BCUT2D eigenvalue weighted by molar-refractivity contribution is 6.15. The summed E-state index contributed by atoms with van der Waals surface area (Å²) >= 11 is 0. The Morgan fingerprint density at radius 2 is 1.53 bits per heavy atom. The van der Waals surface area contributed by atoms with Crippen LogP contribution >= 0.6 is 0 Å². The molecule has 0 atom stereocenters. The average Bonchev–Trinajstić information content (AvgIpc) is 2.85. The van der Waals surface area contributed by atoms with Gasteiger partial charge < -0.3 is 14.8 Å². The van der Waals surface area contributed by atoms with Crippen LogP contribution in [-0.4, -0.2) is 40.9 Å². The molecule has 0 radical (unpaired) electrons. The molecule has 7 nitrogen and oxygen atoms in total. The van der Waals surface area contributed by atoms with Crippen LogP contribution in [-0.2, 0) is 0 Å². The molecule has 0 bridgehead atoms. The molecule has 2 aromatic carbocycles. The second-order valence-electron chi connectivity index (χ2n) is 7.71. The lowest BCUT2D eigenvalue weighted by Gasteiger charge is -2.29. The molecular weight excluding hydrogens is 406 g/mol. The molecule has 1 aromatic heterocycles. The predicted molar refractivity (Wildman–Crippen MR) is 119 cm³/mol. The highest BCUT2D eigenvalue weighted by Crippen LogP contribution is 2.24. The minimum atomic E-state index is -0.229. The predicted octanol–water partition coefficient (Wildman–Crippen LogP) is 3.84. The number of aromatic nitrogens is 2. The van der Waals surface area contributed by atoms with Crippen LogP contribution in [0.4, 0.5) is 0 Å². The molecule has 1 amide bonds. The van der Waals surface area contributed by atoms with E-state index < -0.39 is 0 Å². The molecule has 0 aliphatic heterocycles. The zero-order chi connectivity index (χ0) is 22.3. The summed E-state index contributed by atoms with van der Waals surface area (Å²) in [6, 6.07) is 16.0. The smallest absolute Gasteiger partial charge is 0.252 e. The molecule has 0 unspecified atom stereocenters. The van der Waals surface area contributed by atoms with Crippen molar-refractivity contribution in [3.05, 3.63) is 83.7 Å². The summed E-state index contributed by atoms with van der Waals surface area (Å²) in [4.78, 5) is 34.2. The fraction of sp³-hybridized carbons (Fsp3) is 0.280. The van der Waals surface area contributed by atoms with Crippen LogP contribution in [0.3, 0.4) is 0 Å². The molecule has 0 spiro atoms. The molecule has 1 aliphatic carbocycles. The standard InChI is InChI=1S/C25H25N3O4/c1-31-22-15-26-16-23(28-22)32-19-13-11-18(12-14-19)27-25(30)21-10-6-5-9-20(21)24(29)17-7-3-2-4-8-17/h2-10,15-16,18-19H,11-14H2,1H3,(H,27,30). The summed E-state index contributed by atoms with van der Waals surface area (Å²) in [7, 11) is 1.53. The van der Waals surface area contributed by atoms with Gasteiger partial charge in [0.1, 0.15) is 6.10 Å². The minimum Gasteiger partial charge on any atom is -0.480 e. The molecule has 164 valence electrons. The Bertz CT molecular complexity index is 1080. The van der Waals surface area contributed by atoms with Crippen molar-refractivity contribution in [2.75, 3.05) is 7.11 Å². The zero-order valence-corrected chi connectivity index (χ0v) is 17.9. The second-order valence-corrected chi connectivity index (χ2v) is 7.71. The van der Waals surface area contributed by atoms with Gasteiger partial charge in [-0.15, -0.1) is 0 Å². The van der Waals surface area contributed by atoms with E-state index in [1.807, 2.05) is 18.2 Å². The Morgan fingerprint density at radius 3 is 2.25 bits per heavy atom. The number of methoxy groups -OCH3 is 1. The number of ether oxygens (including phenoxy) is 2. The van der Waals surface area contributed by atoms with Crippen LogP contribution in [0.15, 0.2) is 67.0 Å². The number of nitrogens with zero attached hydrogens (tertiary/aromatic N) is 2. The molecule has 4 rings (SSSR count). The first-order valence-electron chi connectivity index (χ1n) is 10.7. The molecule has 32 heavy (non-hydrogen) atoms. The third kappa shape index (κ3) is 5.11. The molecule has 3 aromatic rings. The molecule has 1 heterocycles. The van der Waals surface area contributed by atoms with Gasteiger partial charge in [-0.05, 0) is 31.7 Å². The van der Waals surface area contributed by atoms with Crippen LogP contribution in [0, 0.1) is 0 Å². The van der Waals surface area contributed by atoms with Crippen LogP contribution < -0.4 is 14.8 Å². The number of carbonyl (C=O) groups is 2. The molecular formula is C25H25N3O4. The molecule has 1 N–H and O–H groups in total. The number of hydrogen-bond acceptors (Lipinski definition) is 6. The summed E-state index contributed by atoms with van der Waals surface area (Å²) < 4.78 is 11.0. The van der Waals surface area contributed by atoms with E-state index in [-0.39, 0.29) is 23.8 Å². The van der Waals surface area contributed by atoms with Gasteiger partial charge in [0, 0.05) is 17.2 Å². The van der Waals surface area contributed by atoms with Crippen LogP contribution in [0.1, 0.15) is 52.0 Å². The lowest BCUT2D eigenvalue weighted by atomic mass is 9.92. The first kappa shape index (κ1) is 21.5. The first-order chi connectivity index (χ1) is 15.6. The van der Waals surface area contributed by atoms with Gasteiger partial charge in [-0.3, -0.25) is 14.6 Å². The monoisotopic (exact) mass is 431 g/mol. The number of carbonyl (C=O) groups excluding carboxylic acids is 2. The Morgan fingerprint density at radius 1 is 0.875 bits per heavy atom. The fourth-order valence-electron chi connectivity index (χ4n) is 3.87. The van der Waals surface area contributed by atoms with Gasteiger partial charge in [-0.25, -0.2) is 0 Å². The van der Waals surface area contributed by atoms with E-state index >= 15 is 0 Å². The Balaban J connectivity index is 1.36. The summed E-state index contributed by atoms with van der Waals surface area (Å²) in [6.07, 6.45) is 6.24. The first-order valence-corrected chi connectivity index (χ1v) is 10.7. The fourth-order valence-corrected chi connectivity index (χ4v) is 3.87. The van der Waals surface area contributed by atoms with Crippen LogP contribution in [0.5, 0.6) is 11.8 Å². The van der Waals surface area contributed by atoms with Gasteiger partial charge in [0.05, 0.1) is 25.1 Å². The highest BCUT2D eigenvalue weighted by atomic mass is 16.5. The van der Waals surface area contributed by atoms with Crippen molar-refractivity contribution in [2.45, 2.75) is 37.8 Å². The number of hydrogen-bond donors (Lipinski definition) is 1. The Labute approximate surface area is 186 Å². The maximum atomic E-state index is 13.0. The molecule has 1 fully saturated rings. The molecule has 1 saturated carbocycles. The lowest BCUT2D eigenvalue weighted by Crippen LogP contribution is -2.40. The van der Waals surface area contributed by atoms with Gasteiger partial charge in [0.2, 0.25) is 11.8 Å². The number of rotatable bonds is 7. The zero-order valence-electron chi connectivity index (χ0n) is 17.9. The van der Waals surface area contributed by atoms with Crippen LogP contribution in [0.25, 0.3) is 0 Å². The van der Waals surface area contributed by atoms with Crippen molar-refractivity contribution in [1.82, 2.24) is 15.3 Å². The van der Waals surface area contributed by atoms with Crippen molar-refractivity contribution in [1.29, 1.82) is 0 Å². The van der Waals surface area contributed by atoms with E-state index in [4.69, 9.17) is 9.47 Å². The normalized spacial score (nSPS) is 17.9. The second kappa shape index (κ2) is 10.0. The van der Waals surface area contributed by atoms with E-state index in [1.54, 1.807) is 42.6 Å². The van der Waals surface area contributed by atoms with E-state index in [0.29, 0.717) is 28.5 Å². The lowest BCUT2D eigenvalue weighted by molar-refractivity contribution is 0.0882. The maximum absolute atomic E-state index is 13.0. The summed E-state index contributed by atoms with van der Waals surface area (Å²) in [6.45, 7) is 0. The van der Waals surface area contributed by atoms with E-state index in [9.17, 15) is 9.59 Å². The Hall–Kier alpha value is -3.74. The maximum Gasteiger partial charge on any atom is 0.252 e. The average molecular weight is 431 g/mol. The SMILES string of the molecule is COc1cncc(OC2CCC(NC(=O)c3ccccc3C(=O)c3ccccc3)CC2)n1. The molecule has 7 heteroatoms. The van der Waals surface area contributed by atoms with Crippen molar-refractivity contribution >= 4 is 11.7 Å². The van der Waals surface area contributed by atoms with Gasteiger partial charge >= 0.3 is 0 Å². The largest absolute Gasteiger partial charge is 0.480 e. The highest BCUT2D eigenvalue weighted by Gasteiger charge is 2.26. The van der Waals surface area contributed by atoms with Crippen molar-refractivity contribution in [3.63, 3.8) is 0 Å². The number of ketones is 1. The number of benzene rings is 2. The van der Waals surface area contributed by atoms with Gasteiger partial charge in [0.25, 0.3) is 5.91 Å². The third-order valence-electron chi connectivity index (χ3n) is 5.55. The molecule has 0 saturated heterocycles. The summed E-state index contributed by atoms with van der Waals surface area (Å²) in [5, 5.41) is 3.09. The van der Waals surface area contributed by atoms with E-state index in [0.717, 1.165) is 25.7 Å². The van der Waals surface area contributed by atoms with E-state index in [1.165, 1.54) is 13.3 Å². The van der Waals surface area contributed by atoms with Gasteiger partial charge in [-0.2, -0.15) is 4.98 Å². The third-order valence-corrected chi connectivity index (χ3v) is 5.55. The number of nitrogens with one attached hydrogen (secondary N) is 1. The van der Waals surface area contributed by atoms with Gasteiger partial charge in [0.15, 0.2) is 5.78 Å². The summed E-state index contributed by atoms with van der Waals surface area (Å²) in [5.74, 6) is 0.457. The number of amides is 1. The van der Waals surface area contributed by atoms with Crippen molar-refractivity contribution < 1.29 is 19.1 Å². The quantitative estimate of drug-likeness (QED) is 0.572. The van der Waals surface area contributed by atoms with E-state index in [2.05, 4.69) is 15.3 Å².